The summed E-state index contributed by atoms with van der Waals surface area (Å²) >= 11 is 0. The van der Waals surface area contributed by atoms with Crippen molar-refractivity contribution in [2.45, 2.75) is 19.8 Å². The summed E-state index contributed by atoms with van der Waals surface area (Å²) in [5.41, 5.74) is 1.73. The Morgan fingerprint density at radius 3 is 3.10 bits per heavy atom. The van der Waals surface area contributed by atoms with Crippen LogP contribution in [-0.2, 0) is 0 Å². The molecule has 1 unspecified atom stereocenters. The molecule has 4 nitrogen and oxygen atoms in total. The second-order valence-electron chi connectivity index (χ2n) is 5.50. The maximum atomic E-state index is 12.4. The zero-order valence-corrected chi connectivity index (χ0v) is 11.7. The third-order valence-electron chi connectivity index (χ3n) is 3.83. The number of aromatic nitrogens is 1. The molecule has 1 aliphatic heterocycles. The van der Waals surface area contributed by atoms with Crippen molar-refractivity contribution in [2.75, 3.05) is 18.4 Å². The fraction of sp³-hybridized carbons (Fsp3) is 0.375. The SMILES string of the molecule is CC1CCCN(C(=O)Nc2cccc3ncccc23)C1. The fourth-order valence-electron chi connectivity index (χ4n) is 2.78. The maximum absolute atomic E-state index is 12.4. The van der Waals surface area contributed by atoms with Crippen LogP contribution in [0.4, 0.5) is 10.5 Å². The summed E-state index contributed by atoms with van der Waals surface area (Å²) in [6, 6.07) is 9.66. The molecule has 0 radical (unpaired) electrons. The van der Waals surface area contributed by atoms with E-state index in [9.17, 15) is 4.79 Å². The molecule has 1 aromatic heterocycles. The molecule has 4 heteroatoms. The monoisotopic (exact) mass is 269 g/mol. The molecule has 2 heterocycles. The summed E-state index contributed by atoms with van der Waals surface area (Å²) in [6.45, 7) is 3.88. The van der Waals surface area contributed by atoms with Crippen molar-refractivity contribution >= 4 is 22.6 Å². The molecular formula is C16H19N3O. The molecule has 20 heavy (non-hydrogen) atoms. The minimum atomic E-state index is -0.00657. The lowest BCUT2D eigenvalue weighted by Gasteiger charge is -2.31. The first-order chi connectivity index (χ1) is 9.74. The van der Waals surface area contributed by atoms with Crippen LogP contribution in [0.2, 0.25) is 0 Å². The minimum Gasteiger partial charge on any atom is -0.324 e. The molecule has 104 valence electrons. The lowest BCUT2D eigenvalue weighted by atomic mass is 10.0. The molecule has 3 rings (SSSR count). The molecule has 1 atom stereocenters. The molecule has 1 aromatic carbocycles. The average Bonchev–Trinajstić information content (AvgIpc) is 2.47. The van der Waals surface area contributed by atoms with E-state index in [-0.39, 0.29) is 6.03 Å². The van der Waals surface area contributed by atoms with Crippen LogP contribution in [0.25, 0.3) is 10.9 Å². The van der Waals surface area contributed by atoms with Gasteiger partial charge in [-0.25, -0.2) is 4.79 Å². The molecule has 1 saturated heterocycles. The summed E-state index contributed by atoms with van der Waals surface area (Å²) in [7, 11) is 0. The van der Waals surface area contributed by atoms with Gasteiger partial charge in [0.15, 0.2) is 0 Å². The summed E-state index contributed by atoms with van der Waals surface area (Å²) in [4.78, 5) is 18.6. The van der Waals surface area contributed by atoms with Crippen LogP contribution in [0, 0.1) is 5.92 Å². The van der Waals surface area contributed by atoms with Crippen LogP contribution in [0.1, 0.15) is 19.8 Å². The lowest BCUT2D eigenvalue weighted by molar-refractivity contribution is 0.182. The van der Waals surface area contributed by atoms with Crippen molar-refractivity contribution in [3.05, 3.63) is 36.5 Å². The summed E-state index contributed by atoms with van der Waals surface area (Å²) < 4.78 is 0. The predicted octanol–water partition coefficient (Wildman–Crippen LogP) is 3.50. The number of fused-ring (bicyclic) bond motifs is 1. The van der Waals surface area contributed by atoms with Crippen LogP contribution in [0.15, 0.2) is 36.5 Å². The van der Waals surface area contributed by atoms with Gasteiger partial charge in [0.1, 0.15) is 0 Å². The average molecular weight is 269 g/mol. The number of hydrogen-bond donors (Lipinski definition) is 1. The molecule has 0 saturated carbocycles. The Hall–Kier alpha value is -2.10. The highest BCUT2D eigenvalue weighted by atomic mass is 16.2. The van der Waals surface area contributed by atoms with Crippen LogP contribution >= 0.6 is 0 Å². The number of anilines is 1. The zero-order chi connectivity index (χ0) is 13.9. The van der Waals surface area contributed by atoms with E-state index >= 15 is 0 Å². The number of nitrogens with zero attached hydrogens (tertiary/aromatic N) is 2. The number of piperidine rings is 1. The number of carbonyl (C=O) groups excluding carboxylic acids is 1. The van der Waals surface area contributed by atoms with Crippen LogP contribution in [-0.4, -0.2) is 29.0 Å². The van der Waals surface area contributed by atoms with Crippen LogP contribution in [0.3, 0.4) is 0 Å². The van der Waals surface area contributed by atoms with E-state index in [1.807, 2.05) is 35.2 Å². The second kappa shape index (κ2) is 5.49. The third kappa shape index (κ3) is 2.59. The number of benzene rings is 1. The largest absolute Gasteiger partial charge is 0.324 e. The standard InChI is InChI=1S/C16H19N3O/c1-12-5-4-10-19(11-12)16(20)18-15-8-2-7-14-13(15)6-3-9-17-14/h2-3,6-9,12H,4-5,10-11H2,1H3,(H,18,20). The topological polar surface area (TPSA) is 45.2 Å². The van der Waals surface area contributed by atoms with Crippen LogP contribution in [0.5, 0.6) is 0 Å². The van der Waals surface area contributed by atoms with Gasteiger partial charge < -0.3 is 10.2 Å². The highest BCUT2D eigenvalue weighted by molar-refractivity contribution is 6.00. The molecule has 1 N–H and O–H groups in total. The fourth-order valence-corrected chi connectivity index (χ4v) is 2.78. The third-order valence-corrected chi connectivity index (χ3v) is 3.83. The number of hydrogen-bond acceptors (Lipinski definition) is 2. The Labute approximate surface area is 118 Å². The van der Waals surface area contributed by atoms with Crippen molar-refractivity contribution in [1.82, 2.24) is 9.88 Å². The normalized spacial score (nSPS) is 19.1. The molecule has 2 aromatic rings. The highest BCUT2D eigenvalue weighted by Crippen LogP contribution is 2.22. The quantitative estimate of drug-likeness (QED) is 0.861. The Morgan fingerprint density at radius 2 is 2.25 bits per heavy atom. The minimum absolute atomic E-state index is 0.00657. The van der Waals surface area contributed by atoms with Gasteiger partial charge in [0.2, 0.25) is 0 Å². The lowest BCUT2D eigenvalue weighted by Crippen LogP contribution is -2.41. The molecule has 0 bridgehead atoms. The Kier molecular flexibility index (Phi) is 3.54. The molecule has 1 aliphatic rings. The first-order valence-electron chi connectivity index (χ1n) is 7.14. The van der Waals surface area contributed by atoms with Crippen molar-refractivity contribution in [3.63, 3.8) is 0 Å². The Balaban J connectivity index is 1.80. The van der Waals surface area contributed by atoms with Crippen molar-refractivity contribution < 1.29 is 4.79 Å². The number of likely N-dealkylation sites (tertiary alicyclic amines) is 1. The van der Waals surface area contributed by atoms with Crippen molar-refractivity contribution in [3.8, 4) is 0 Å². The van der Waals surface area contributed by atoms with Gasteiger partial charge in [0.25, 0.3) is 0 Å². The molecule has 0 spiro atoms. The van der Waals surface area contributed by atoms with Gasteiger partial charge >= 0.3 is 6.03 Å². The second-order valence-corrected chi connectivity index (χ2v) is 5.50. The first kappa shape index (κ1) is 12.9. The van der Waals surface area contributed by atoms with Crippen molar-refractivity contribution in [2.24, 2.45) is 5.92 Å². The van der Waals surface area contributed by atoms with Crippen molar-refractivity contribution in [1.29, 1.82) is 0 Å². The van der Waals surface area contributed by atoms with Gasteiger partial charge in [-0.1, -0.05) is 13.0 Å². The number of carbonyl (C=O) groups is 1. The van der Waals surface area contributed by atoms with E-state index in [1.54, 1.807) is 6.20 Å². The molecule has 0 aliphatic carbocycles. The smallest absolute Gasteiger partial charge is 0.321 e. The predicted molar refractivity (Wildman–Crippen MR) is 80.7 cm³/mol. The van der Waals surface area contributed by atoms with Gasteiger partial charge in [-0.2, -0.15) is 0 Å². The maximum Gasteiger partial charge on any atom is 0.321 e. The van der Waals surface area contributed by atoms with Gasteiger partial charge in [-0.3, -0.25) is 4.98 Å². The van der Waals surface area contributed by atoms with E-state index in [4.69, 9.17) is 0 Å². The number of nitrogens with one attached hydrogen (secondary N) is 1. The molecule has 2 amide bonds. The van der Waals surface area contributed by atoms with E-state index in [2.05, 4.69) is 17.2 Å². The van der Waals surface area contributed by atoms with E-state index in [0.29, 0.717) is 5.92 Å². The highest BCUT2D eigenvalue weighted by Gasteiger charge is 2.21. The van der Waals surface area contributed by atoms with E-state index < -0.39 is 0 Å². The number of rotatable bonds is 1. The number of pyridine rings is 1. The Morgan fingerprint density at radius 1 is 1.35 bits per heavy atom. The van der Waals surface area contributed by atoms with Gasteiger partial charge in [0.05, 0.1) is 11.2 Å². The van der Waals surface area contributed by atoms with Gasteiger partial charge in [-0.05, 0) is 43.0 Å². The van der Waals surface area contributed by atoms with Gasteiger partial charge in [-0.15, -0.1) is 0 Å². The number of urea groups is 1. The van der Waals surface area contributed by atoms with Gasteiger partial charge in [0, 0.05) is 24.7 Å². The Bertz CT molecular complexity index is 621. The zero-order valence-electron chi connectivity index (χ0n) is 11.7. The molecular weight excluding hydrogens is 250 g/mol. The summed E-state index contributed by atoms with van der Waals surface area (Å²) in [5.74, 6) is 0.587. The van der Waals surface area contributed by atoms with Crippen LogP contribution < -0.4 is 5.32 Å². The summed E-state index contributed by atoms with van der Waals surface area (Å²) in [6.07, 6.45) is 4.06. The number of amides is 2. The molecule has 1 fully saturated rings. The van der Waals surface area contributed by atoms with E-state index in [0.717, 1.165) is 36.1 Å². The first-order valence-corrected chi connectivity index (χ1v) is 7.14. The van der Waals surface area contributed by atoms with E-state index in [1.165, 1.54) is 6.42 Å². The summed E-state index contributed by atoms with van der Waals surface area (Å²) in [5, 5.41) is 4.00.